The minimum atomic E-state index is -0.366. The third kappa shape index (κ3) is 3.51. The van der Waals surface area contributed by atoms with E-state index in [1.165, 1.54) is 6.07 Å². The molecule has 1 heterocycles. The lowest BCUT2D eigenvalue weighted by atomic mass is 10.2. The molecule has 19 heavy (non-hydrogen) atoms. The first-order valence-corrected chi connectivity index (χ1v) is 6.84. The minimum absolute atomic E-state index is 0.111. The molecule has 1 aromatic carbocycles. The van der Waals surface area contributed by atoms with Crippen molar-refractivity contribution in [3.63, 3.8) is 0 Å². The molecule has 0 saturated heterocycles. The lowest BCUT2D eigenvalue weighted by Gasteiger charge is -2.07. The Morgan fingerprint density at radius 2 is 2.21 bits per heavy atom. The van der Waals surface area contributed by atoms with Gasteiger partial charge in [0.25, 0.3) is 5.69 Å². The topological polar surface area (TPSA) is 68.1 Å². The van der Waals surface area contributed by atoms with E-state index in [0.29, 0.717) is 12.2 Å². The highest BCUT2D eigenvalue weighted by atomic mass is 32.1. The number of nitro groups is 1. The van der Waals surface area contributed by atoms with Gasteiger partial charge in [-0.15, -0.1) is 11.3 Å². The molecule has 0 aliphatic rings. The minimum Gasteiger partial charge on any atom is -0.379 e. The fraction of sp³-hybridized carbons (Fsp3) is 0.308. The van der Waals surface area contributed by atoms with E-state index in [9.17, 15) is 10.1 Å². The summed E-state index contributed by atoms with van der Waals surface area (Å²) in [7, 11) is 0. The normalized spacial score (nSPS) is 10.4. The van der Waals surface area contributed by atoms with Crippen LogP contribution < -0.4 is 5.32 Å². The average Bonchev–Trinajstić information content (AvgIpc) is 2.75. The van der Waals surface area contributed by atoms with Crippen LogP contribution in [0.15, 0.2) is 23.6 Å². The van der Waals surface area contributed by atoms with Crippen LogP contribution in [0, 0.1) is 24.0 Å². The first-order valence-electron chi connectivity index (χ1n) is 5.96. The second-order valence-electron chi connectivity index (χ2n) is 4.31. The van der Waals surface area contributed by atoms with Crippen LogP contribution in [0.5, 0.6) is 0 Å². The highest BCUT2D eigenvalue weighted by Crippen LogP contribution is 2.25. The van der Waals surface area contributed by atoms with Crippen molar-refractivity contribution in [1.29, 1.82) is 0 Å². The Morgan fingerprint density at radius 3 is 2.84 bits per heavy atom. The predicted octanol–water partition coefficient (Wildman–Crippen LogP) is 3.32. The molecule has 6 heteroatoms. The second kappa shape index (κ2) is 5.79. The predicted molar refractivity (Wildman–Crippen MR) is 76.9 cm³/mol. The van der Waals surface area contributed by atoms with E-state index in [1.54, 1.807) is 23.5 Å². The molecule has 0 bridgehead atoms. The van der Waals surface area contributed by atoms with Gasteiger partial charge in [-0.25, -0.2) is 4.98 Å². The van der Waals surface area contributed by atoms with E-state index in [-0.39, 0.29) is 10.6 Å². The average molecular weight is 277 g/mol. The van der Waals surface area contributed by atoms with Gasteiger partial charge >= 0.3 is 0 Å². The molecule has 1 N–H and O–H groups in total. The van der Waals surface area contributed by atoms with Crippen molar-refractivity contribution in [3.8, 4) is 0 Å². The molecule has 0 saturated carbocycles. The van der Waals surface area contributed by atoms with Gasteiger partial charge in [0, 0.05) is 24.4 Å². The van der Waals surface area contributed by atoms with Gasteiger partial charge in [0.05, 0.1) is 15.6 Å². The van der Waals surface area contributed by atoms with E-state index in [0.717, 1.165) is 22.7 Å². The lowest BCUT2D eigenvalue weighted by molar-refractivity contribution is -0.384. The number of nitrogens with zero attached hydrogens (tertiary/aromatic N) is 2. The van der Waals surface area contributed by atoms with Crippen molar-refractivity contribution in [2.75, 3.05) is 11.9 Å². The zero-order valence-electron chi connectivity index (χ0n) is 10.8. The number of thiazole rings is 1. The molecule has 0 radical (unpaired) electrons. The van der Waals surface area contributed by atoms with E-state index in [2.05, 4.69) is 10.3 Å². The Kier molecular flexibility index (Phi) is 4.11. The third-order valence-corrected chi connectivity index (χ3v) is 3.53. The van der Waals surface area contributed by atoms with Crippen LogP contribution in [0.1, 0.15) is 16.3 Å². The zero-order chi connectivity index (χ0) is 13.8. The molecular weight excluding hydrogens is 262 g/mol. The summed E-state index contributed by atoms with van der Waals surface area (Å²) in [6, 6.07) is 5.07. The molecule has 2 aromatic rings. The van der Waals surface area contributed by atoms with Crippen molar-refractivity contribution < 1.29 is 4.92 Å². The summed E-state index contributed by atoms with van der Waals surface area (Å²) in [5.41, 5.74) is 2.69. The second-order valence-corrected chi connectivity index (χ2v) is 5.37. The lowest BCUT2D eigenvalue weighted by Crippen LogP contribution is -2.07. The number of benzene rings is 1. The Labute approximate surface area is 115 Å². The van der Waals surface area contributed by atoms with Crippen LogP contribution in [0.4, 0.5) is 11.4 Å². The highest BCUT2D eigenvalue weighted by molar-refractivity contribution is 7.09. The summed E-state index contributed by atoms with van der Waals surface area (Å²) in [5, 5.41) is 17.1. The molecule has 1 aromatic heterocycles. The summed E-state index contributed by atoms with van der Waals surface area (Å²) in [5.74, 6) is 0. The number of nitrogens with one attached hydrogen (secondary N) is 1. The fourth-order valence-corrected chi connectivity index (χ4v) is 2.45. The van der Waals surface area contributed by atoms with Gasteiger partial charge in [-0.1, -0.05) is 6.07 Å². The Hall–Kier alpha value is -1.95. The fourth-order valence-electron chi connectivity index (χ4n) is 1.80. The molecule has 0 aliphatic carbocycles. The number of nitro benzene ring substituents is 1. The summed E-state index contributed by atoms with van der Waals surface area (Å²) < 4.78 is 0. The number of rotatable bonds is 5. The number of hydrogen-bond acceptors (Lipinski definition) is 5. The van der Waals surface area contributed by atoms with Crippen molar-refractivity contribution >= 4 is 22.7 Å². The van der Waals surface area contributed by atoms with Crippen LogP contribution in [-0.2, 0) is 6.42 Å². The SMILES string of the molecule is Cc1ccc([N+](=O)[O-])c(NCCc2csc(C)n2)c1. The summed E-state index contributed by atoms with van der Waals surface area (Å²) >= 11 is 1.61. The first kappa shape index (κ1) is 13.5. The smallest absolute Gasteiger partial charge is 0.292 e. The summed E-state index contributed by atoms with van der Waals surface area (Å²) in [6.07, 6.45) is 0.759. The van der Waals surface area contributed by atoms with Gasteiger partial charge in [0.1, 0.15) is 5.69 Å². The molecule has 2 rings (SSSR count). The Bertz CT molecular complexity index is 595. The number of anilines is 1. The summed E-state index contributed by atoms with van der Waals surface area (Å²) in [4.78, 5) is 14.9. The number of hydrogen-bond donors (Lipinski definition) is 1. The zero-order valence-corrected chi connectivity index (χ0v) is 11.7. The Balaban J connectivity index is 2.02. The van der Waals surface area contributed by atoms with E-state index >= 15 is 0 Å². The molecular formula is C13H15N3O2S. The first-order chi connectivity index (χ1) is 9.06. The monoisotopic (exact) mass is 277 g/mol. The molecule has 0 aliphatic heterocycles. The van der Waals surface area contributed by atoms with Gasteiger partial charge in [-0.05, 0) is 25.5 Å². The third-order valence-electron chi connectivity index (χ3n) is 2.71. The van der Waals surface area contributed by atoms with Crippen LogP contribution in [0.25, 0.3) is 0 Å². The maximum Gasteiger partial charge on any atom is 0.292 e. The van der Waals surface area contributed by atoms with E-state index in [1.807, 2.05) is 19.2 Å². The van der Waals surface area contributed by atoms with Crippen LogP contribution in [0.3, 0.4) is 0 Å². The van der Waals surface area contributed by atoms with Crippen molar-refractivity contribution in [1.82, 2.24) is 4.98 Å². The quantitative estimate of drug-likeness (QED) is 0.672. The molecule has 0 spiro atoms. The van der Waals surface area contributed by atoms with Crippen molar-refractivity contribution in [3.05, 3.63) is 50.0 Å². The molecule has 0 unspecified atom stereocenters. The maximum atomic E-state index is 10.9. The van der Waals surface area contributed by atoms with E-state index < -0.39 is 0 Å². The van der Waals surface area contributed by atoms with Crippen LogP contribution in [0.2, 0.25) is 0 Å². The van der Waals surface area contributed by atoms with Crippen LogP contribution in [-0.4, -0.2) is 16.5 Å². The molecule has 0 amide bonds. The maximum absolute atomic E-state index is 10.9. The number of aryl methyl sites for hydroxylation is 2. The van der Waals surface area contributed by atoms with E-state index in [4.69, 9.17) is 0 Å². The molecule has 5 nitrogen and oxygen atoms in total. The summed E-state index contributed by atoms with van der Waals surface area (Å²) in [6.45, 7) is 4.51. The van der Waals surface area contributed by atoms with Gasteiger partial charge in [0.2, 0.25) is 0 Å². The molecule has 0 atom stereocenters. The van der Waals surface area contributed by atoms with Crippen molar-refractivity contribution in [2.24, 2.45) is 0 Å². The van der Waals surface area contributed by atoms with Gasteiger partial charge < -0.3 is 5.32 Å². The Morgan fingerprint density at radius 1 is 1.42 bits per heavy atom. The van der Waals surface area contributed by atoms with Gasteiger partial charge in [0.15, 0.2) is 0 Å². The molecule has 0 fully saturated rings. The largest absolute Gasteiger partial charge is 0.379 e. The van der Waals surface area contributed by atoms with Gasteiger partial charge in [-0.2, -0.15) is 0 Å². The highest BCUT2D eigenvalue weighted by Gasteiger charge is 2.12. The van der Waals surface area contributed by atoms with Gasteiger partial charge in [-0.3, -0.25) is 10.1 Å². The number of aromatic nitrogens is 1. The van der Waals surface area contributed by atoms with Crippen molar-refractivity contribution in [2.45, 2.75) is 20.3 Å². The standard InChI is InChI=1S/C13H15N3O2S/c1-9-3-4-13(16(17)18)12(7-9)14-6-5-11-8-19-10(2)15-11/h3-4,7-8,14H,5-6H2,1-2H3. The van der Waals surface area contributed by atoms with Crippen LogP contribution >= 0.6 is 11.3 Å². The molecule has 100 valence electrons.